The molecule has 0 saturated heterocycles. The minimum absolute atomic E-state index is 0.0382. The quantitative estimate of drug-likeness (QED) is 0.844. The molecule has 1 atom stereocenters. The highest BCUT2D eigenvalue weighted by atomic mass is 35.5. The third-order valence-electron chi connectivity index (χ3n) is 2.98. The fourth-order valence-electron chi connectivity index (χ4n) is 2.44. The molecule has 1 amide bonds. The summed E-state index contributed by atoms with van der Waals surface area (Å²) in [7, 11) is 0. The van der Waals surface area contributed by atoms with Gasteiger partial charge in [0.1, 0.15) is 0 Å². The third-order valence-corrected chi connectivity index (χ3v) is 3.22. The highest BCUT2D eigenvalue weighted by Gasteiger charge is 2.19. The molecule has 1 rings (SSSR count). The fraction of sp³-hybridized carbons (Fsp3) is 0.500. The lowest BCUT2D eigenvalue weighted by Gasteiger charge is -2.22. The molecule has 1 aromatic rings. The molecule has 0 aliphatic carbocycles. The van der Waals surface area contributed by atoms with Crippen LogP contribution in [0.1, 0.15) is 50.9 Å². The maximum atomic E-state index is 12.0. The molecule has 0 radical (unpaired) electrons. The molecule has 116 valence electrons. The minimum Gasteiger partial charge on any atom is -0.478 e. The van der Waals surface area contributed by atoms with E-state index in [4.69, 9.17) is 16.7 Å². The minimum atomic E-state index is -1.09. The van der Waals surface area contributed by atoms with E-state index < -0.39 is 5.97 Å². The fourth-order valence-corrected chi connectivity index (χ4v) is 2.61. The van der Waals surface area contributed by atoms with Crippen LogP contribution >= 0.6 is 11.6 Å². The summed E-state index contributed by atoms with van der Waals surface area (Å²) in [4.78, 5) is 23.2. The van der Waals surface area contributed by atoms with Gasteiger partial charge >= 0.3 is 5.97 Å². The number of carboxylic acid groups (broad SMARTS) is 1. The van der Waals surface area contributed by atoms with Gasteiger partial charge < -0.3 is 10.4 Å². The Hall–Kier alpha value is -1.55. The molecule has 0 fully saturated rings. The van der Waals surface area contributed by atoms with Crippen molar-refractivity contribution in [1.29, 1.82) is 0 Å². The van der Waals surface area contributed by atoms with E-state index in [9.17, 15) is 9.59 Å². The van der Waals surface area contributed by atoms with E-state index >= 15 is 0 Å². The lowest BCUT2D eigenvalue weighted by atomic mass is 9.84. The molecule has 5 heteroatoms. The monoisotopic (exact) mass is 311 g/mol. The highest BCUT2D eigenvalue weighted by Crippen LogP contribution is 2.27. The number of halogens is 1. The maximum Gasteiger partial charge on any atom is 0.337 e. The molecule has 21 heavy (non-hydrogen) atoms. The predicted octanol–water partition coefficient (Wildman–Crippen LogP) is 4.44. The molecule has 4 nitrogen and oxygen atoms in total. The van der Waals surface area contributed by atoms with Gasteiger partial charge in [-0.25, -0.2) is 4.79 Å². The Labute approximate surface area is 130 Å². The second kappa shape index (κ2) is 6.94. The van der Waals surface area contributed by atoms with Crippen molar-refractivity contribution in [3.63, 3.8) is 0 Å². The van der Waals surface area contributed by atoms with Crippen LogP contribution in [0, 0.1) is 11.3 Å². The van der Waals surface area contributed by atoms with Crippen LogP contribution in [0.15, 0.2) is 18.2 Å². The second-order valence-electron chi connectivity index (χ2n) is 6.62. The van der Waals surface area contributed by atoms with Crippen molar-refractivity contribution in [3.05, 3.63) is 28.8 Å². The molecule has 2 N–H and O–H groups in total. The van der Waals surface area contributed by atoms with Crippen molar-refractivity contribution in [2.45, 2.75) is 40.5 Å². The van der Waals surface area contributed by atoms with Crippen LogP contribution in [0.25, 0.3) is 0 Å². The standard InChI is InChI=1S/C16H22ClNO3/c1-10(9-16(2,3)4)7-14(19)18-13-8-11(17)5-6-12(13)15(20)21/h5-6,8,10H,7,9H2,1-4H3,(H,18,19)(H,20,21). The molecule has 1 unspecified atom stereocenters. The number of nitrogens with one attached hydrogen (secondary N) is 1. The Morgan fingerprint density at radius 3 is 2.48 bits per heavy atom. The highest BCUT2D eigenvalue weighted by molar-refractivity contribution is 6.31. The molecule has 0 aromatic heterocycles. The molecule has 0 aliphatic rings. The Balaban J connectivity index is 2.75. The van der Waals surface area contributed by atoms with E-state index in [1.54, 1.807) is 0 Å². The normalized spacial score (nSPS) is 12.8. The smallest absolute Gasteiger partial charge is 0.337 e. The van der Waals surface area contributed by atoms with Crippen LogP contribution in [0.4, 0.5) is 5.69 Å². The van der Waals surface area contributed by atoms with Gasteiger partial charge in [0.15, 0.2) is 0 Å². The lowest BCUT2D eigenvalue weighted by molar-refractivity contribution is -0.117. The van der Waals surface area contributed by atoms with Crippen molar-refractivity contribution in [2.24, 2.45) is 11.3 Å². The van der Waals surface area contributed by atoms with E-state index in [1.807, 2.05) is 6.92 Å². The summed E-state index contributed by atoms with van der Waals surface area (Å²) in [5.41, 5.74) is 0.432. The zero-order chi connectivity index (χ0) is 16.2. The summed E-state index contributed by atoms with van der Waals surface area (Å²) in [6.45, 7) is 8.39. The average Bonchev–Trinajstić information content (AvgIpc) is 2.24. The van der Waals surface area contributed by atoms with Gasteiger partial charge in [0.25, 0.3) is 0 Å². The van der Waals surface area contributed by atoms with E-state index in [2.05, 4.69) is 26.1 Å². The van der Waals surface area contributed by atoms with Crippen LogP contribution < -0.4 is 5.32 Å². The summed E-state index contributed by atoms with van der Waals surface area (Å²) in [5.74, 6) is -1.07. The van der Waals surface area contributed by atoms with E-state index in [1.165, 1.54) is 18.2 Å². The zero-order valence-corrected chi connectivity index (χ0v) is 13.6. The Morgan fingerprint density at radius 1 is 1.33 bits per heavy atom. The van der Waals surface area contributed by atoms with Crippen molar-refractivity contribution in [3.8, 4) is 0 Å². The first kappa shape index (κ1) is 17.5. The molecule has 1 aromatic carbocycles. The van der Waals surface area contributed by atoms with Gasteiger partial charge in [0.2, 0.25) is 5.91 Å². The first-order chi connectivity index (χ1) is 9.58. The van der Waals surface area contributed by atoms with Crippen molar-refractivity contribution >= 4 is 29.2 Å². The Bertz CT molecular complexity index is 535. The molecule has 0 saturated carbocycles. The summed E-state index contributed by atoms with van der Waals surface area (Å²) in [6.07, 6.45) is 1.27. The number of anilines is 1. The van der Waals surface area contributed by atoms with Crippen LogP contribution in [0.3, 0.4) is 0 Å². The SMILES string of the molecule is CC(CC(=O)Nc1cc(Cl)ccc1C(=O)O)CC(C)(C)C. The van der Waals surface area contributed by atoms with Crippen LogP contribution in [-0.4, -0.2) is 17.0 Å². The van der Waals surface area contributed by atoms with Gasteiger partial charge in [0, 0.05) is 11.4 Å². The van der Waals surface area contributed by atoms with Gasteiger partial charge in [-0.3, -0.25) is 4.79 Å². The maximum absolute atomic E-state index is 12.0. The van der Waals surface area contributed by atoms with E-state index in [0.29, 0.717) is 11.4 Å². The predicted molar refractivity (Wildman–Crippen MR) is 84.9 cm³/mol. The molecule has 0 spiro atoms. The number of carbonyl (C=O) groups is 2. The first-order valence-electron chi connectivity index (χ1n) is 6.91. The van der Waals surface area contributed by atoms with Gasteiger partial charge in [-0.1, -0.05) is 39.3 Å². The number of rotatable bonds is 5. The summed E-state index contributed by atoms with van der Waals surface area (Å²) in [5, 5.41) is 12.1. The molecular weight excluding hydrogens is 290 g/mol. The number of carboxylic acids is 1. The van der Waals surface area contributed by atoms with Gasteiger partial charge in [-0.2, -0.15) is 0 Å². The number of carbonyl (C=O) groups excluding carboxylic acids is 1. The van der Waals surface area contributed by atoms with Crippen molar-refractivity contribution in [2.75, 3.05) is 5.32 Å². The van der Waals surface area contributed by atoms with Gasteiger partial charge in [-0.15, -0.1) is 0 Å². The summed E-state index contributed by atoms with van der Waals surface area (Å²) in [6, 6.07) is 4.33. The van der Waals surface area contributed by atoms with Gasteiger partial charge in [0.05, 0.1) is 11.3 Å². The van der Waals surface area contributed by atoms with E-state index in [0.717, 1.165) is 6.42 Å². The molecule has 0 bridgehead atoms. The molecular formula is C16H22ClNO3. The number of amides is 1. The topological polar surface area (TPSA) is 66.4 Å². The second-order valence-corrected chi connectivity index (χ2v) is 7.05. The van der Waals surface area contributed by atoms with Crippen LogP contribution in [0.5, 0.6) is 0 Å². The number of benzene rings is 1. The third kappa shape index (κ3) is 6.17. The van der Waals surface area contributed by atoms with Gasteiger partial charge in [-0.05, 0) is 36.0 Å². The van der Waals surface area contributed by atoms with E-state index in [-0.39, 0.29) is 28.5 Å². The summed E-state index contributed by atoms with van der Waals surface area (Å²) >= 11 is 5.85. The number of aromatic carboxylic acids is 1. The largest absolute Gasteiger partial charge is 0.478 e. The average molecular weight is 312 g/mol. The zero-order valence-electron chi connectivity index (χ0n) is 12.9. The summed E-state index contributed by atoms with van der Waals surface area (Å²) < 4.78 is 0. The van der Waals surface area contributed by atoms with Crippen LogP contribution in [0.2, 0.25) is 5.02 Å². The lowest BCUT2D eigenvalue weighted by Crippen LogP contribution is -2.20. The molecule has 0 aliphatic heterocycles. The van der Waals surface area contributed by atoms with Crippen LogP contribution in [-0.2, 0) is 4.79 Å². The van der Waals surface area contributed by atoms with Crippen molar-refractivity contribution in [1.82, 2.24) is 0 Å². The van der Waals surface area contributed by atoms with Crippen molar-refractivity contribution < 1.29 is 14.7 Å². The Morgan fingerprint density at radius 2 is 1.95 bits per heavy atom. The Kier molecular flexibility index (Phi) is 5.78. The number of hydrogen-bond acceptors (Lipinski definition) is 2. The first-order valence-corrected chi connectivity index (χ1v) is 7.29. The molecule has 0 heterocycles. The number of hydrogen-bond donors (Lipinski definition) is 2.